The highest BCUT2D eigenvalue weighted by Gasteiger charge is 2.12. The van der Waals surface area contributed by atoms with Crippen molar-refractivity contribution >= 4 is 17.6 Å². The zero-order valence-corrected chi connectivity index (χ0v) is 13.1. The number of hydrogen-bond acceptors (Lipinski definition) is 4. The molecule has 120 valence electrons. The average Bonchev–Trinajstić information content (AvgIpc) is 2.55. The van der Waals surface area contributed by atoms with E-state index in [2.05, 4.69) is 10.2 Å². The molecule has 1 heterocycles. The van der Waals surface area contributed by atoms with Gasteiger partial charge in [-0.15, -0.1) is 0 Å². The minimum atomic E-state index is -0.342. The molecule has 1 N–H and O–H groups in total. The Morgan fingerprint density at radius 1 is 1.14 bits per heavy atom. The number of nitrogens with one attached hydrogen (secondary N) is 1. The lowest BCUT2D eigenvalue weighted by atomic mass is 10.1. The Bertz CT molecular complexity index is 493. The molecule has 5 nitrogen and oxygen atoms in total. The zero-order valence-electron chi connectivity index (χ0n) is 13.1. The number of carbonyl (C=O) groups excluding carboxylic acids is 2. The fourth-order valence-electron chi connectivity index (χ4n) is 2.57. The third-order valence-corrected chi connectivity index (χ3v) is 3.78. The fraction of sp³-hybridized carbons (Fsp3) is 0.529. The Hall–Kier alpha value is -1.88. The molecular formula is C17H24N2O3. The summed E-state index contributed by atoms with van der Waals surface area (Å²) in [6.45, 7) is 5.14. The summed E-state index contributed by atoms with van der Waals surface area (Å²) in [6.07, 6.45) is 4.27. The molecule has 2 rings (SSSR count). The lowest BCUT2D eigenvalue weighted by Crippen LogP contribution is -2.32. The van der Waals surface area contributed by atoms with Crippen molar-refractivity contribution in [3.05, 3.63) is 29.8 Å². The highest BCUT2D eigenvalue weighted by molar-refractivity contribution is 5.93. The molecule has 0 radical (unpaired) electrons. The largest absolute Gasteiger partial charge is 0.462 e. The maximum Gasteiger partial charge on any atom is 0.338 e. The number of hydrogen-bond donors (Lipinski definition) is 1. The molecule has 5 heteroatoms. The smallest absolute Gasteiger partial charge is 0.338 e. The second-order valence-corrected chi connectivity index (χ2v) is 5.50. The number of piperidine rings is 1. The number of carbonyl (C=O) groups is 2. The number of benzene rings is 1. The first-order valence-electron chi connectivity index (χ1n) is 7.98. The van der Waals surface area contributed by atoms with Gasteiger partial charge in [-0.05, 0) is 57.1 Å². The first kappa shape index (κ1) is 16.5. The van der Waals surface area contributed by atoms with Crippen LogP contribution in [-0.2, 0) is 9.53 Å². The number of nitrogens with zero attached hydrogens (tertiary/aromatic N) is 1. The summed E-state index contributed by atoms with van der Waals surface area (Å²) < 4.78 is 4.92. The maximum atomic E-state index is 11.9. The standard InChI is InChI=1S/C17H24N2O3/c1-2-22-17(21)14-6-8-15(9-7-14)18-16(20)10-13-19-11-4-3-5-12-19/h6-9H,2-5,10-13H2,1H3,(H,18,20). The van der Waals surface area contributed by atoms with Crippen LogP contribution < -0.4 is 5.32 Å². The Balaban J connectivity index is 1.77. The molecule has 0 bridgehead atoms. The highest BCUT2D eigenvalue weighted by Crippen LogP contribution is 2.12. The van der Waals surface area contributed by atoms with Gasteiger partial charge in [-0.1, -0.05) is 6.42 Å². The van der Waals surface area contributed by atoms with Gasteiger partial charge in [0.1, 0.15) is 0 Å². The molecule has 0 unspecified atom stereocenters. The van der Waals surface area contributed by atoms with Gasteiger partial charge in [-0.25, -0.2) is 4.79 Å². The molecule has 1 saturated heterocycles. The summed E-state index contributed by atoms with van der Waals surface area (Å²) in [5.74, 6) is -0.333. The van der Waals surface area contributed by atoms with Gasteiger partial charge in [0, 0.05) is 18.7 Å². The molecule has 0 saturated carbocycles. The van der Waals surface area contributed by atoms with Gasteiger partial charge in [0.15, 0.2) is 0 Å². The molecular weight excluding hydrogens is 280 g/mol. The van der Waals surface area contributed by atoms with E-state index in [0.29, 0.717) is 24.3 Å². The zero-order chi connectivity index (χ0) is 15.8. The first-order valence-corrected chi connectivity index (χ1v) is 7.98. The number of esters is 1. The molecule has 0 aromatic heterocycles. The first-order chi connectivity index (χ1) is 10.7. The summed E-state index contributed by atoms with van der Waals surface area (Å²) in [7, 11) is 0. The van der Waals surface area contributed by atoms with E-state index in [1.165, 1.54) is 19.3 Å². The van der Waals surface area contributed by atoms with Crippen LogP contribution in [-0.4, -0.2) is 43.0 Å². The van der Waals surface area contributed by atoms with Crippen LogP contribution in [0.3, 0.4) is 0 Å². The Kier molecular flexibility index (Phi) is 6.40. The molecule has 1 aromatic rings. The van der Waals surface area contributed by atoms with E-state index in [0.717, 1.165) is 19.6 Å². The summed E-state index contributed by atoms with van der Waals surface area (Å²) in [4.78, 5) is 25.8. The van der Waals surface area contributed by atoms with E-state index in [-0.39, 0.29) is 11.9 Å². The van der Waals surface area contributed by atoms with Crippen molar-refractivity contribution in [1.82, 2.24) is 4.90 Å². The van der Waals surface area contributed by atoms with Crippen LogP contribution >= 0.6 is 0 Å². The molecule has 1 fully saturated rings. The normalized spacial score (nSPS) is 15.3. The predicted molar refractivity (Wildman–Crippen MR) is 85.9 cm³/mol. The summed E-state index contributed by atoms with van der Waals surface area (Å²) >= 11 is 0. The maximum absolute atomic E-state index is 11.9. The topological polar surface area (TPSA) is 58.6 Å². The third-order valence-electron chi connectivity index (χ3n) is 3.78. The van der Waals surface area contributed by atoms with E-state index < -0.39 is 0 Å². The number of likely N-dealkylation sites (tertiary alicyclic amines) is 1. The van der Waals surface area contributed by atoms with Crippen LogP contribution in [0.25, 0.3) is 0 Å². The van der Waals surface area contributed by atoms with E-state index >= 15 is 0 Å². The van der Waals surface area contributed by atoms with Crippen LogP contribution in [0.2, 0.25) is 0 Å². The second kappa shape index (κ2) is 8.54. The Morgan fingerprint density at radius 3 is 2.45 bits per heavy atom. The molecule has 0 aliphatic carbocycles. The lowest BCUT2D eigenvalue weighted by molar-refractivity contribution is -0.116. The van der Waals surface area contributed by atoms with Gasteiger partial charge in [0.2, 0.25) is 5.91 Å². The monoisotopic (exact) mass is 304 g/mol. The lowest BCUT2D eigenvalue weighted by Gasteiger charge is -2.25. The molecule has 1 amide bonds. The third kappa shape index (κ3) is 5.15. The minimum absolute atomic E-state index is 0.00876. The number of amides is 1. The van der Waals surface area contributed by atoms with Gasteiger partial charge < -0.3 is 15.0 Å². The quantitative estimate of drug-likeness (QED) is 0.821. The van der Waals surface area contributed by atoms with Crippen LogP contribution in [0.1, 0.15) is 43.0 Å². The summed E-state index contributed by atoms with van der Waals surface area (Å²) in [6, 6.07) is 6.78. The Morgan fingerprint density at radius 2 is 1.82 bits per heavy atom. The fourth-order valence-corrected chi connectivity index (χ4v) is 2.57. The van der Waals surface area contributed by atoms with Crippen molar-refractivity contribution < 1.29 is 14.3 Å². The molecule has 1 aromatic carbocycles. The minimum Gasteiger partial charge on any atom is -0.462 e. The van der Waals surface area contributed by atoms with E-state index in [1.807, 2.05) is 0 Å². The second-order valence-electron chi connectivity index (χ2n) is 5.50. The predicted octanol–water partition coefficient (Wildman–Crippen LogP) is 2.68. The van der Waals surface area contributed by atoms with Crippen LogP contribution in [0.15, 0.2) is 24.3 Å². The van der Waals surface area contributed by atoms with Crippen LogP contribution in [0, 0.1) is 0 Å². The molecule has 1 aliphatic rings. The van der Waals surface area contributed by atoms with E-state index in [9.17, 15) is 9.59 Å². The van der Waals surface area contributed by atoms with Crippen LogP contribution in [0.4, 0.5) is 5.69 Å². The van der Waals surface area contributed by atoms with Crippen molar-refractivity contribution in [3.8, 4) is 0 Å². The average molecular weight is 304 g/mol. The van der Waals surface area contributed by atoms with Gasteiger partial charge in [0.05, 0.1) is 12.2 Å². The molecule has 22 heavy (non-hydrogen) atoms. The van der Waals surface area contributed by atoms with Crippen molar-refractivity contribution in [2.75, 3.05) is 31.6 Å². The molecule has 0 atom stereocenters. The number of rotatable bonds is 6. The van der Waals surface area contributed by atoms with Crippen molar-refractivity contribution in [1.29, 1.82) is 0 Å². The molecule has 0 spiro atoms. The van der Waals surface area contributed by atoms with Gasteiger partial charge in [-0.3, -0.25) is 4.79 Å². The summed E-state index contributed by atoms with van der Waals surface area (Å²) in [5, 5.41) is 2.86. The van der Waals surface area contributed by atoms with Gasteiger partial charge in [0.25, 0.3) is 0 Å². The SMILES string of the molecule is CCOC(=O)c1ccc(NC(=O)CCN2CCCCC2)cc1. The van der Waals surface area contributed by atoms with Crippen molar-refractivity contribution in [3.63, 3.8) is 0 Å². The number of anilines is 1. The summed E-state index contributed by atoms with van der Waals surface area (Å²) in [5.41, 5.74) is 1.20. The van der Waals surface area contributed by atoms with Crippen LogP contribution in [0.5, 0.6) is 0 Å². The van der Waals surface area contributed by atoms with Gasteiger partial charge in [-0.2, -0.15) is 0 Å². The molecule has 1 aliphatic heterocycles. The van der Waals surface area contributed by atoms with Gasteiger partial charge >= 0.3 is 5.97 Å². The highest BCUT2D eigenvalue weighted by atomic mass is 16.5. The van der Waals surface area contributed by atoms with Crippen molar-refractivity contribution in [2.24, 2.45) is 0 Å². The van der Waals surface area contributed by atoms with E-state index in [1.54, 1.807) is 31.2 Å². The van der Waals surface area contributed by atoms with E-state index in [4.69, 9.17) is 4.74 Å². The Labute approximate surface area is 131 Å². The van der Waals surface area contributed by atoms with Crippen molar-refractivity contribution in [2.45, 2.75) is 32.6 Å². The number of ether oxygens (including phenoxy) is 1.